The third-order valence-corrected chi connectivity index (χ3v) is 6.14. The molecule has 0 radical (unpaired) electrons. The lowest BCUT2D eigenvalue weighted by molar-refractivity contribution is -0.118. The number of hydrogen-bond donors (Lipinski definition) is 1. The van der Waals surface area contributed by atoms with Crippen molar-refractivity contribution in [2.75, 3.05) is 11.9 Å². The molecule has 0 spiro atoms. The summed E-state index contributed by atoms with van der Waals surface area (Å²) in [5.41, 5.74) is 1.81. The van der Waals surface area contributed by atoms with Crippen LogP contribution in [0.5, 0.6) is 5.75 Å². The number of carbonyl (C=O) groups excluding carboxylic acids is 2. The minimum absolute atomic E-state index is 0.0354. The first kappa shape index (κ1) is 16.2. The van der Waals surface area contributed by atoms with Crippen molar-refractivity contribution in [3.8, 4) is 5.75 Å². The fourth-order valence-corrected chi connectivity index (χ4v) is 4.85. The summed E-state index contributed by atoms with van der Waals surface area (Å²) in [7, 11) is 0. The van der Waals surface area contributed by atoms with E-state index in [1.165, 1.54) is 15.8 Å². The number of amides is 1. The SMILES string of the molecule is O=C1COc2ccc(C(=O)Cn3cnc4sc5c(c4c3=O)CCC5)cc2N1. The molecule has 136 valence electrons. The summed E-state index contributed by atoms with van der Waals surface area (Å²) in [6.45, 7) is -0.133. The molecule has 7 nitrogen and oxygen atoms in total. The van der Waals surface area contributed by atoms with Gasteiger partial charge in [0.2, 0.25) is 0 Å². The Kier molecular flexibility index (Phi) is 3.61. The van der Waals surface area contributed by atoms with E-state index >= 15 is 0 Å². The van der Waals surface area contributed by atoms with Gasteiger partial charge in [0, 0.05) is 10.4 Å². The molecule has 5 rings (SSSR count). The minimum atomic E-state index is -0.260. The molecule has 1 amide bonds. The normalized spacial score (nSPS) is 15.2. The van der Waals surface area contributed by atoms with Crippen LogP contribution in [0.2, 0.25) is 0 Å². The highest BCUT2D eigenvalue weighted by Gasteiger charge is 2.22. The van der Waals surface area contributed by atoms with Gasteiger partial charge in [-0.1, -0.05) is 0 Å². The van der Waals surface area contributed by atoms with E-state index in [2.05, 4.69) is 10.3 Å². The van der Waals surface area contributed by atoms with Gasteiger partial charge in [-0.25, -0.2) is 4.98 Å². The monoisotopic (exact) mass is 381 g/mol. The fourth-order valence-electron chi connectivity index (χ4n) is 3.63. The van der Waals surface area contributed by atoms with Gasteiger partial charge in [-0.15, -0.1) is 11.3 Å². The first-order valence-corrected chi connectivity index (χ1v) is 9.51. The average molecular weight is 381 g/mol. The van der Waals surface area contributed by atoms with Gasteiger partial charge in [0.1, 0.15) is 10.6 Å². The molecule has 1 aliphatic heterocycles. The second kappa shape index (κ2) is 6.02. The van der Waals surface area contributed by atoms with E-state index in [0.29, 0.717) is 22.4 Å². The van der Waals surface area contributed by atoms with E-state index in [4.69, 9.17) is 4.74 Å². The number of Topliss-reactive ketones (excluding diaryl/α,β-unsaturated/α-hetero) is 1. The number of aromatic nitrogens is 2. The first-order chi connectivity index (χ1) is 13.1. The predicted molar refractivity (Wildman–Crippen MR) is 101 cm³/mol. The number of aryl methyl sites for hydroxylation is 2. The van der Waals surface area contributed by atoms with Gasteiger partial charge in [-0.3, -0.25) is 19.0 Å². The zero-order valence-corrected chi connectivity index (χ0v) is 15.1. The average Bonchev–Trinajstić information content (AvgIpc) is 3.24. The van der Waals surface area contributed by atoms with E-state index in [-0.39, 0.29) is 30.4 Å². The van der Waals surface area contributed by atoms with E-state index in [1.807, 2.05) is 0 Å². The zero-order chi connectivity index (χ0) is 18.5. The summed E-state index contributed by atoms with van der Waals surface area (Å²) in [6, 6.07) is 4.87. The topological polar surface area (TPSA) is 90.3 Å². The van der Waals surface area contributed by atoms with Gasteiger partial charge in [0.25, 0.3) is 11.5 Å². The first-order valence-electron chi connectivity index (χ1n) is 8.70. The summed E-state index contributed by atoms with van der Waals surface area (Å²) in [4.78, 5) is 43.4. The quantitative estimate of drug-likeness (QED) is 0.702. The highest BCUT2D eigenvalue weighted by atomic mass is 32.1. The van der Waals surface area contributed by atoms with Crippen molar-refractivity contribution in [2.45, 2.75) is 25.8 Å². The van der Waals surface area contributed by atoms with Crippen molar-refractivity contribution in [2.24, 2.45) is 0 Å². The Morgan fingerprint density at radius 2 is 2.19 bits per heavy atom. The van der Waals surface area contributed by atoms with Crippen molar-refractivity contribution in [3.05, 3.63) is 50.9 Å². The van der Waals surface area contributed by atoms with E-state index in [9.17, 15) is 14.4 Å². The smallest absolute Gasteiger partial charge is 0.262 e. The second-order valence-corrected chi connectivity index (χ2v) is 7.77. The number of thiophene rings is 1. The predicted octanol–water partition coefficient (Wildman–Crippen LogP) is 2.16. The van der Waals surface area contributed by atoms with E-state index in [1.54, 1.807) is 29.5 Å². The molecule has 2 aromatic heterocycles. The second-order valence-electron chi connectivity index (χ2n) is 6.69. The molecule has 0 saturated heterocycles. The van der Waals surface area contributed by atoms with Crippen molar-refractivity contribution < 1.29 is 14.3 Å². The van der Waals surface area contributed by atoms with Crippen LogP contribution < -0.4 is 15.6 Å². The molecular weight excluding hydrogens is 366 g/mol. The minimum Gasteiger partial charge on any atom is -0.482 e. The molecule has 0 atom stereocenters. The lowest BCUT2D eigenvalue weighted by atomic mass is 10.1. The van der Waals surface area contributed by atoms with Crippen molar-refractivity contribution >= 4 is 38.9 Å². The summed E-state index contributed by atoms with van der Waals surface area (Å²) in [5.74, 6) is 0.0391. The van der Waals surface area contributed by atoms with Gasteiger partial charge in [-0.05, 0) is 43.0 Å². The number of ether oxygens (including phenoxy) is 1. The maximum absolute atomic E-state index is 12.9. The van der Waals surface area contributed by atoms with Crippen molar-refractivity contribution in [3.63, 3.8) is 0 Å². The number of hydrogen-bond acceptors (Lipinski definition) is 6. The summed E-state index contributed by atoms with van der Waals surface area (Å²) >= 11 is 1.58. The maximum atomic E-state index is 12.9. The zero-order valence-electron chi connectivity index (χ0n) is 14.3. The number of rotatable bonds is 3. The molecule has 0 bridgehead atoms. The number of carbonyl (C=O) groups is 2. The number of nitrogens with one attached hydrogen (secondary N) is 1. The molecule has 27 heavy (non-hydrogen) atoms. The highest BCUT2D eigenvalue weighted by Crippen LogP contribution is 2.34. The van der Waals surface area contributed by atoms with Crippen LogP contribution in [0, 0.1) is 0 Å². The lowest BCUT2D eigenvalue weighted by Gasteiger charge is -2.18. The van der Waals surface area contributed by atoms with Crippen LogP contribution in [0.1, 0.15) is 27.2 Å². The summed E-state index contributed by atoms with van der Waals surface area (Å²) in [6.07, 6.45) is 4.40. The fraction of sp³-hybridized carbons (Fsp3) is 0.263. The molecule has 0 unspecified atom stereocenters. The van der Waals surface area contributed by atoms with Crippen molar-refractivity contribution in [1.29, 1.82) is 0 Å². The Morgan fingerprint density at radius 3 is 3.07 bits per heavy atom. The lowest BCUT2D eigenvalue weighted by Crippen LogP contribution is -2.26. The number of fused-ring (bicyclic) bond motifs is 4. The van der Waals surface area contributed by atoms with Gasteiger partial charge in [0.15, 0.2) is 12.4 Å². The van der Waals surface area contributed by atoms with Gasteiger partial charge >= 0.3 is 0 Å². The maximum Gasteiger partial charge on any atom is 0.262 e. The molecule has 0 fully saturated rings. The third kappa shape index (κ3) is 2.64. The van der Waals surface area contributed by atoms with E-state index < -0.39 is 0 Å². The molecule has 3 heterocycles. The van der Waals surface area contributed by atoms with Gasteiger partial charge in [-0.2, -0.15) is 0 Å². The van der Waals surface area contributed by atoms with Crippen LogP contribution in [0.4, 0.5) is 5.69 Å². The molecule has 2 aliphatic rings. The third-order valence-electron chi connectivity index (χ3n) is 4.94. The molecule has 1 aliphatic carbocycles. The summed E-state index contributed by atoms with van der Waals surface area (Å²) in [5, 5.41) is 3.34. The van der Waals surface area contributed by atoms with Crippen LogP contribution in [-0.4, -0.2) is 27.8 Å². The Bertz CT molecular complexity index is 1180. The van der Waals surface area contributed by atoms with Crippen LogP contribution in [0.15, 0.2) is 29.3 Å². The number of anilines is 1. The molecular formula is C19H15N3O4S. The summed E-state index contributed by atoms with van der Waals surface area (Å²) < 4.78 is 6.67. The molecule has 0 saturated carbocycles. The molecule has 1 aromatic carbocycles. The number of benzene rings is 1. The van der Waals surface area contributed by atoms with Gasteiger partial charge < -0.3 is 10.1 Å². The largest absolute Gasteiger partial charge is 0.482 e. The Morgan fingerprint density at radius 1 is 1.30 bits per heavy atom. The number of nitrogens with zero attached hydrogens (tertiary/aromatic N) is 2. The van der Waals surface area contributed by atoms with Crippen LogP contribution in [0.25, 0.3) is 10.2 Å². The number of ketones is 1. The van der Waals surface area contributed by atoms with Gasteiger partial charge in [0.05, 0.1) is 23.9 Å². The van der Waals surface area contributed by atoms with E-state index in [0.717, 1.165) is 29.7 Å². The highest BCUT2D eigenvalue weighted by molar-refractivity contribution is 7.18. The molecule has 3 aromatic rings. The van der Waals surface area contributed by atoms with Crippen molar-refractivity contribution in [1.82, 2.24) is 9.55 Å². The molecule has 8 heteroatoms. The Balaban J connectivity index is 1.48. The Labute approximate surface area is 157 Å². The Hall–Kier alpha value is -3.00. The standard InChI is InChI=1S/C19H15N3O4S/c23-13(10-4-5-14-12(6-10)21-16(24)8-26-14)7-22-9-20-18-17(19(22)25)11-2-1-3-15(11)27-18/h4-6,9H,1-3,7-8H2,(H,21,24). The van der Waals surface area contributed by atoms with Crippen LogP contribution in [0.3, 0.4) is 0 Å². The molecule has 1 N–H and O–H groups in total. The van der Waals surface area contributed by atoms with Crippen LogP contribution >= 0.6 is 11.3 Å². The van der Waals surface area contributed by atoms with Crippen LogP contribution in [-0.2, 0) is 24.2 Å².